The second kappa shape index (κ2) is 5.59. The van der Waals surface area contributed by atoms with E-state index in [1.165, 1.54) is 12.8 Å². The zero-order chi connectivity index (χ0) is 13.1. The first-order chi connectivity index (χ1) is 8.61. The number of nitrogens with one attached hydrogen (secondary N) is 1. The lowest BCUT2D eigenvalue weighted by molar-refractivity contribution is -0.143. The van der Waals surface area contributed by atoms with Crippen LogP contribution in [0.5, 0.6) is 0 Å². The van der Waals surface area contributed by atoms with E-state index in [9.17, 15) is 9.59 Å². The maximum Gasteiger partial charge on any atom is 0.317 e. The average Bonchev–Trinajstić information content (AvgIpc) is 3.14. The quantitative estimate of drug-likeness (QED) is 0.799. The second-order valence-electron chi connectivity index (χ2n) is 5.45. The molecule has 0 aromatic rings. The predicted octanol–water partition coefficient (Wildman–Crippen LogP) is 1.54. The third-order valence-corrected chi connectivity index (χ3v) is 4.24. The molecule has 5 nitrogen and oxygen atoms in total. The van der Waals surface area contributed by atoms with Crippen LogP contribution in [-0.4, -0.2) is 41.6 Å². The molecule has 1 saturated carbocycles. The molecule has 18 heavy (non-hydrogen) atoms. The van der Waals surface area contributed by atoms with Gasteiger partial charge in [0.25, 0.3) is 0 Å². The third-order valence-electron chi connectivity index (χ3n) is 4.24. The lowest BCUT2D eigenvalue weighted by atomic mass is 9.97. The molecule has 0 radical (unpaired) electrons. The minimum atomic E-state index is -0.737. The van der Waals surface area contributed by atoms with Crippen molar-refractivity contribution in [1.29, 1.82) is 0 Å². The predicted molar refractivity (Wildman–Crippen MR) is 67.2 cm³/mol. The zero-order valence-electron chi connectivity index (χ0n) is 10.9. The van der Waals surface area contributed by atoms with Crippen LogP contribution < -0.4 is 5.32 Å². The van der Waals surface area contributed by atoms with E-state index in [0.717, 1.165) is 12.5 Å². The van der Waals surface area contributed by atoms with Crippen LogP contribution in [0.1, 0.15) is 32.6 Å². The van der Waals surface area contributed by atoms with Crippen molar-refractivity contribution >= 4 is 12.0 Å². The fraction of sp³-hybridized carbons (Fsp3) is 0.846. The summed E-state index contributed by atoms with van der Waals surface area (Å²) in [6, 6.07) is -0.0272. The Hall–Kier alpha value is -1.26. The van der Waals surface area contributed by atoms with E-state index in [1.807, 2.05) is 0 Å². The first-order valence-corrected chi connectivity index (χ1v) is 6.87. The Morgan fingerprint density at radius 2 is 1.94 bits per heavy atom. The van der Waals surface area contributed by atoms with E-state index < -0.39 is 5.97 Å². The number of hydrogen-bond acceptors (Lipinski definition) is 2. The number of hydrogen-bond donors (Lipinski definition) is 2. The number of piperidine rings is 1. The highest BCUT2D eigenvalue weighted by molar-refractivity contribution is 5.75. The topological polar surface area (TPSA) is 69.6 Å². The number of nitrogens with zero attached hydrogens (tertiary/aromatic N) is 1. The molecule has 5 heteroatoms. The highest BCUT2D eigenvalue weighted by Gasteiger charge is 2.35. The van der Waals surface area contributed by atoms with Gasteiger partial charge in [-0.25, -0.2) is 4.79 Å². The van der Waals surface area contributed by atoms with Crippen LogP contribution in [0.3, 0.4) is 0 Å². The molecule has 102 valence electrons. The minimum absolute atomic E-state index is 0.0272. The van der Waals surface area contributed by atoms with Crippen molar-refractivity contribution in [3.63, 3.8) is 0 Å². The molecule has 0 bridgehead atoms. The van der Waals surface area contributed by atoms with Crippen LogP contribution >= 0.6 is 0 Å². The Bertz CT molecular complexity index is 324. The van der Waals surface area contributed by atoms with Gasteiger partial charge in [0.15, 0.2) is 0 Å². The number of aliphatic carboxylic acids is 1. The molecule has 2 amide bonds. The number of urea groups is 1. The lowest BCUT2D eigenvalue weighted by Crippen LogP contribution is -2.46. The first-order valence-electron chi connectivity index (χ1n) is 6.87. The first kappa shape index (κ1) is 13.2. The summed E-state index contributed by atoms with van der Waals surface area (Å²) in [5, 5.41) is 11.8. The Balaban J connectivity index is 1.66. The number of amides is 2. The molecule has 0 aromatic heterocycles. The molecule has 1 aliphatic heterocycles. The van der Waals surface area contributed by atoms with Gasteiger partial charge < -0.3 is 15.3 Å². The minimum Gasteiger partial charge on any atom is -0.481 e. The van der Waals surface area contributed by atoms with Gasteiger partial charge in [-0.1, -0.05) is 13.3 Å². The van der Waals surface area contributed by atoms with E-state index in [2.05, 4.69) is 12.2 Å². The van der Waals surface area contributed by atoms with E-state index in [4.69, 9.17) is 5.11 Å². The normalized spacial score (nSPS) is 27.9. The van der Waals surface area contributed by atoms with Crippen LogP contribution in [0.4, 0.5) is 4.79 Å². The summed E-state index contributed by atoms with van der Waals surface area (Å²) in [7, 11) is 0. The second-order valence-corrected chi connectivity index (χ2v) is 5.45. The van der Waals surface area contributed by atoms with Crippen LogP contribution in [0.2, 0.25) is 0 Å². The Morgan fingerprint density at radius 3 is 2.44 bits per heavy atom. The summed E-state index contributed by atoms with van der Waals surface area (Å²) in [4.78, 5) is 24.4. The van der Waals surface area contributed by atoms with Gasteiger partial charge >= 0.3 is 12.0 Å². The van der Waals surface area contributed by atoms with Crippen molar-refractivity contribution in [3.05, 3.63) is 0 Å². The molecule has 1 saturated heterocycles. The third kappa shape index (κ3) is 3.15. The summed E-state index contributed by atoms with van der Waals surface area (Å²) in [5.41, 5.74) is 0. The molecule has 1 heterocycles. The molecule has 2 fully saturated rings. The summed E-state index contributed by atoms with van der Waals surface area (Å²) >= 11 is 0. The number of rotatable bonds is 4. The number of carboxylic acids is 1. The van der Waals surface area contributed by atoms with Crippen LogP contribution in [0.25, 0.3) is 0 Å². The molecule has 2 aliphatic rings. The summed E-state index contributed by atoms with van der Waals surface area (Å²) in [6.45, 7) is 4.08. The Labute approximate surface area is 108 Å². The molecule has 0 unspecified atom stereocenters. The van der Waals surface area contributed by atoms with Gasteiger partial charge in [0.05, 0.1) is 5.92 Å². The molecule has 0 spiro atoms. The lowest BCUT2D eigenvalue weighted by Gasteiger charge is -2.30. The maximum absolute atomic E-state index is 11.9. The van der Waals surface area contributed by atoms with E-state index in [-0.39, 0.29) is 11.9 Å². The summed E-state index contributed by atoms with van der Waals surface area (Å²) in [6.07, 6.45) is 3.58. The maximum atomic E-state index is 11.9. The molecule has 2 N–H and O–H groups in total. The molecular weight excluding hydrogens is 232 g/mol. The Kier molecular flexibility index (Phi) is 4.09. The van der Waals surface area contributed by atoms with Crippen molar-refractivity contribution in [2.24, 2.45) is 17.8 Å². The van der Waals surface area contributed by atoms with E-state index in [1.54, 1.807) is 4.90 Å². The molecule has 0 aromatic carbocycles. The van der Waals surface area contributed by atoms with E-state index in [0.29, 0.717) is 31.8 Å². The number of carboxylic acid groups (broad SMARTS) is 1. The summed E-state index contributed by atoms with van der Waals surface area (Å²) < 4.78 is 0. The van der Waals surface area contributed by atoms with Gasteiger partial charge in [-0.15, -0.1) is 0 Å². The molecular formula is C13H22N2O3. The van der Waals surface area contributed by atoms with Crippen molar-refractivity contribution in [1.82, 2.24) is 10.2 Å². The van der Waals surface area contributed by atoms with Gasteiger partial charge in [-0.2, -0.15) is 0 Å². The van der Waals surface area contributed by atoms with Gasteiger partial charge in [-0.05, 0) is 31.1 Å². The summed E-state index contributed by atoms with van der Waals surface area (Å²) in [5.74, 6) is 0.444. The highest BCUT2D eigenvalue weighted by atomic mass is 16.4. The van der Waals surface area contributed by atoms with Gasteiger partial charge in [0.1, 0.15) is 0 Å². The number of carbonyl (C=O) groups excluding carboxylic acids is 1. The monoisotopic (exact) mass is 254 g/mol. The average molecular weight is 254 g/mol. The van der Waals surface area contributed by atoms with Crippen molar-refractivity contribution in [3.8, 4) is 0 Å². The molecule has 2 atom stereocenters. The van der Waals surface area contributed by atoms with Crippen LogP contribution in [0, 0.1) is 17.8 Å². The zero-order valence-corrected chi connectivity index (χ0v) is 10.9. The Morgan fingerprint density at radius 1 is 1.28 bits per heavy atom. The molecule has 1 aliphatic carbocycles. The largest absolute Gasteiger partial charge is 0.481 e. The van der Waals surface area contributed by atoms with Crippen molar-refractivity contribution < 1.29 is 14.7 Å². The smallest absolute Gasteiger partial charge is 0.317 e. The van der Waals surface area contributed by atoms with Gasteiger partial charge in [0, 0.05) is 19.6 Å². The van der Waals surface area contributed by atoms with Crippen LogP contribution in [0.15, 0.2) is 0 Å². The van der Waals surface area contributed by atoms with Gasteiger partial charge in [0.2, 0.25) is 0 Å². The number of carbonyl (C=O) groups is 2. The van der Waals surface area contributed by atoms with Crippen molar-refractivity contribution in [2.45, 2.75) is 32.6 Å². The standard InChI is InChI=1S/C13H22N2O3/c1-2-9-7-11(9)8-14-13(18)15-5-3-10(4-6-15)12(16)17/h9-11H,2-8H2,1H3,(H,14,18)(H,16,17)/t9-,11+/m1/s1. The fourth-order valence-electron chi connectivity index (χ4n) is 2.72. The van der Waals surface area contributed by atoms with Crippen LogP contribution in [-0.2, 0) is 4.79 Å². The fourth-order valence-corrected chi connectivity index (χ4v) is 2.72. The SMILES string of the molecule is CC[C@@H]1C[C@H]1CNC(=O)N1CCC(C(=O)O)CC1. The highest BCUT2D eigenvalue weighted by Crippen LogP contribution is 2.40. The number of likely N-dealkylation sites (tertiary alicyclic amines) is 1. The van der Waals surface area contributed by atoms with E-state index >= 15 is 0 Å². The molecule has 2 rings (SSSR count). The van der Waals surface area contributed by atoms with Crippen molar-refractivity contribution in [2.75, 3.05) is 19.6 Å². The van der Waals surface area contributed by atoms with Gasteiger partial charge in [-0.3, -0.25) is 4.79 Å².